The molecule has 1 aliphatic heterocycles. The van der Waals surface area contributed by atoms with E-state index in [2.05, 4.69) is 110 Å². The lowest BCUT2D eigenvalue weighted by Crippen LogP contribution is -2.47. The fourth-order valence-corrected chi connectivity index (χ4v) is 5.78. The van der Waals surface area contributed by atoms with E-state index in [0.29, 0.717) is 11.2 Å². The van der Waals surface area contributed by atoms with Crippen molar-refractivity contribution in [1.29, 1.82) is 0 Å². The summed E-state index contributed by atoms with van der Waals surface area (Å²) in [6.07, 6.45) is 0. The lowest BCUT2D eigenvalue weighted by atomic mass is 9.73. The lowest BCUT2D eigenvalue weighted by Gasteiger charge is -2.54. The number of benzene rings is 3. The Balaban J connectivity index is 1.91. The summed E-state index contributed by atoms with van der Waals surface area (Å²) in [7, 11) is 0. The summed E-state index contributed by atoms with van der Waals surface area (Å²) in [4.78, 5) is 0. The van der Waals surface area contributed by atoms with Gasteiger partial charge in [0.25, 0.3) is 0 Å². The molecule has 2 unspecified atom stereocenters. The number of hydrogen-bond donors (Lipinski definition) is 0. The molecule has 3 aromatic carbocycles. The second kappa shape index (κ2) is 5.90. The summed E-state index contributed by atoms with van der Waals surface area (Å²) in [6.45, 7) is 2.35. The zero-order chi connectivity index (χ0) is 15.7. The molecule has 0 amide bonds. The third kappa shape index (κ3) is 2.31. The number of rotatable bonds is 3. The fraction of sp³-hybridized carbons (Fsp3) is 0.182. The molecule has 0 bridgehead atoms. The van der Waals surface area contributed by atoms with Crippen LogP contribution in [0.2, 0.25) is 0 Å². The third-order valence-corrected chi connectivity index (χ3v) is 6.58. The molecule has 1 fully saturated rings. The molecular weight excluding hydrogens is 296 g/mol. The summed E-state index contributed by atoms with van der Waals surface area (Å²) in [5.74, 6) is 0.499. The van der Waals surface area contributed by atoms with Crippen LogP contribution in [0, 0.1) is 0 Å². The van der Waals surface area contributed by atoms with Gasteiger partial charge < -0.3 is 0 Å². The molecule has 114 valence electrons. The fourth-order valence-electron chi connectivity index (χ4n) is 3.89. The second-order valence-electron chi connectivity index (χ2n) is 6.18. The highest BCUT2D eigenvalue weighted by molar-refractivity contribution is 8.02. The minimum atomic E-state index is 0.0172. The van der Waals surface area contributed by atoms with Crippen molar-refractivity contribution in [3.05, 3.63) is 108 Å². The van der Waals surface area contributed by atoms with Crippen LogP contribution in [0.3, 0.4) is 0 Å². The predicted octanol–water partition coefficient (Wildman–Crippen LogP) is 5.85. The molecule has 2 atom stereocenters. The quantitative estimate of drug-likeness (QED) is 0.584. The third-order valence-electron chi connectivity index (χ3n) is 4.84. The van der Waals surface area contributed by atoms with Gasteiger partial charge >= 0.3 is 0 Å². The van der Waals surface area contributed by atoms with Crippen molar-refractivity contribution in [3.63, 3.8) is 0 Å². The molecule has 1 heteroatoms. The Morgan fingerprint density at radius 1 is 0.652 bits per heavy atom. The zero-order valence-electron chi connectivity index (χ0n) is 13.2. The molecular formula is C22H20S. The summed E-state index contributed by atoms with van der Waals surface area (Å²) >= 11 is 2.09. The van der Waals surface area contributed by atoms with Crippen molar-refractivity contribution >= 4 is 11.8 Å². The molecule has 0 saturated carbocycles. The summed E-state index contributed by atoms with van der Waals surface area (Å²) in [5.41, 5.74) is 4.25. The Hall–Kier alpha value is -1.99. The number of thioether (sulfide) groups is 1. The van der Waals surface area contributed by atoms with Crippen LogP contribution in [-0.2, 0) is 4.75 Å². The molecule has 1 aliphatic rings. The van der Waals surface area contributed by atoms with Gasteiger partial charge in [-0.15, -0.1) is 11.8 Å². The van der Waals surface area contributed by atoms with Gasteiger partial charge in [0.15, 0.2) is 0 Å². The van der Waals surface area contributed by atoms with E-state index in [-0.39, 0.29) is 4.75 Å². The average Bonchev–Trinajstić information content (AvgIpc) is 2.62. The molecule has 0 radical (unpaired) electrons. The van der Waals surface area contributed by atoms with Crippen LogP contribution in [0.1, 0.15) is 29.5 Å². The SMILES string of the molecule is CC1SC(c2ccccc2)(c2ccccc2)C1c1ccccc1. The molecule has 0 aromatic heterocycles. The highest BCUT2D eigenvalue weighted by Crippen LogP contribution is 2.66. The predicted molar refractivity (Wildman–Crippen MR) is 99.9 cm³/mol. The van der Waals surface area contributed by atoms with E-state index < -0.39 is 0 Å². The Bertz CT molecular complexity index is 725. The first-order valence-corrected chi connectivity index (χ1v) is 9.04. The van der Waals surface area contributed by atoms with Crippen LogP contribution in [0.5, 0.6) is 0 Å². The van der Waals surface area contributed by atoms with Gasteiger partial charge in [-0.05, 0) is 16.7 Å². The van der Waals surface area contributed by atoms with Gasteiger partial charge in [-0.2, -0.15) is 0 Å². The summed E-state index contributed by atoms with van der Waals surface area (Å²) in [5, 5.41) is 0.609. The molecule has 1 saturated heterocycles. The van der Waals surface area contributed by atoms with Gasteiger partial charge in [-0.25, -0.2) is 0 Å². The van der Waals surface area contributed by atoms with E-state index >= 15 is 0 Å². The van der Waals surface area contributed by atoms with Crippen LogP contribution in [-0.4, -0.2) is 5.25 Å². The van der Waals surface area contributed by atoms with E-state index in [1.807, 2.05) is 0 Å². The first kappa shape index (κ1) is 14.6. The van der Waals surface area contributed by atoms with Crippen molar-refractivity contribution in [2.45, 2.75) is 22.8 Å². The van der Waals surface area contributed by atoms with Crippen molar-refractivity contribution in [2.75, 3.05) is 0 Å². The van der Waals surface area contributed by atoms with E-state index in [0.717, 1.165) is 0 Å². The Morgan fingerprint density at radius 3 is 1.52 bits per heavy atom. The highest BCUT2D eigenvalue weighted by atomic mass is 32.2. The van der Waals surface area contributed by atoms with Crippen LogP contribution in [0.25, 0.3) is 0 Å². The normalized spacial score (nSPS) is 22.3. The van der Waals surface area contributed by atoms with E-state index in [4.69, 9.17) is 0 Å². The molecule has 3 aromatic rings. The Kier molecular flexibility index (Phi) is 3.74. The molecule has 0 spiro atoms. The standard InChI is InChI=1S/C22H20S/c1-17-21(18-11-5-2-6-12-18)22(23-17,19-13-7-3-8-14-19)20-15-9-4-10-16-20/h2-17,21H,1H3. The summed E-state index contributed by atoms with van der Waals surface area (Å²) in [6, 6.07) is 32.9. The topological polar surface area (TPSA) is 0 Å². The maximum atomic E-state index is 2.35. The second-order valence-corrected chi connectivity index (χ2v) is 7.80. The van der Waals surface area contributed by atoms with E-state index in [1.54, 1.807) is 0 Å². The Labute approximate surface area is 142 Å². The van der Waals surface area contributed by atoms with Gasteiger partial charge in [0.1, 0.15) is 0 Å². The van der Waals surface area contributed by atoms with Crippen LogP contribution >= 0.6 is 11.8 Å². The van der Waals surface area contributed by atoms with Gasteiger partial charge in [0.05, 0.1) is 4.75 Å². The van der Waals surface area contributed by atoms with Gasteiger partial charge in [-0.3, -0.25) is 0 Å². The lowest BCUT2D eigenvalue weighted by molar-refractivity contribution is 0.499. The zero-order valence-corrected chi connectivity index (χ0v) is 14.0. The molecule has 0 N–H and O–H groups in total. The highest BCUT2D eigenvalue weighted by Gasteiger charge is 2.55. The van der Waals surface area contributed by atoms with Crippen molar-refractivity contribution in [2.24, 2.45) is 0 Å². The minimum Gasteiger partial charge on any atom is -0.141 e. The van der Waals surface area contributed by atoms with Crippen molar-refractivity contribution < 1.29 is 0 Å². The van der Waals surface area contributed by atoms with Gasteiger partial charge in [0, 0.05) is 11.2 Å². The molecule has 0 aliphatic carbocycles. The van der Waals surface area contributed by atoms with E-state index in [9.17, 15) is 0 Å². The smallest absolute Gasteiger partial charge is 0.0738 e. The molecule has 1 heterocycles. The monoisotopic (exact) mass is 316 g/mol. The maximum Gasteiger partial charge on any atom is 0.0738 e. The molecule has 23 heavy (non-hydrogen) atoms. The first-order valence-electron chi connectivity index (χ1n) is 8.16. The van der Waals surface area contributed by atoms with Crippen molar-refractivity contribution in [1.82, 2.24) is 0 Å². The first-order chi connectivity index (χ1) is 11.3. The molecule has 4 rings (SSSR count). The van der Waals surface area contributed by atoms with Gasteiger partial charge in [-0.1, -0.05) is 97.9 Å². The van der Waals surface area contributed by atoms with Crippen molar-refractivity contribution in [3.8, 4) is 0 Å². The van der Waals surface area contributed by atoms with Crippen LogP contribution in [0.15, 0.2) is 91.0 Å². The largest absolute Gasteiger partial charge is 0.141 e. The van der Waals surface area contributed by atoms with Crippen LogP contribution in [0.4, 0.5) is 0 Å². The van der Waals surface area contributed by atoms with Gasteiger partial charge in [0.2, 0.25) is 0 Å². The average molecular weight is 316 g/mol. The van der Waals surface area contributed by atoms with Crippen LogP contribution < -0.4 is 0 Å². The molecule has 0 nitrogen and oxygen atoms in total. The summed E-state index contributed by atoms with van der Waals surface area (Å²) < 4.78 is 0.0172. The minimum absolute atomic E-state index is 0.0172. The van der Waals surface area contributed by atoms with E-state index in [1.165, 1.54) is 16.7 Å². The maximum absolute atomic E-state index is 2.35. The Morgan fingerprint density at radius 2 is 1.09 bits per heavy atom. The number of hydrogen-bond acceptors (Lipinski definition) is 1.